The van der Waals surface area contributed by atoms with Crippen molar-refractivity contribution < 1.29 is 38.4 Å². The highest BCUT2D eigenvalue weighted by Crippen LogP contribution is 2.07. The summed E-state index contributed by atoms with van der Waals surface area (Å²) in [7, 11) is 1.69. The monoisotopic (exact) mass is 448 g/mol. The fourth-order valence-electron chi connectivity index (χ4n) is 2.64. The number of carbonyl (C=O) groups excluding carboxylic acids is 3. The predicted octanol–water partition coefficient (Wildman–Crippen LogP) is -0.142. The average Bonchev–Trinajstić information content (AvgIpc) is 2.77. The van der Waals surface area contributed by atoms with Gasteiger partial charge in [0.25, 0.3) is 0 Å². The maximum absolute atomic E-state index is 11.8. The minimum atomic E-state index is -0.454. The Morgan fingerprint density at radius 3 is 2.23 bits per heavy atom. The Labute approximate surface area is 185 Å². The van der Waals surface area contributed by atoms with E-state index >= 15 is 0 Å². The summed E-state index contributed by atoms with van der Waals surface area (Å²) >= 11 is 0. The van der Waals surface area contributed by atoms with E-state index < -0.39 is 6.61 Å². The number of hydrogen-bond acceptors (Lipinski definition) is 9. The third-order valence-electron chi connectivity index (χ3n) is 4.35. The summed E-state index contributed by atoms with van der Waals surface area (Å²) < 4.78 is 20.9. The molecule has 0 unspecified atom stereocenters. The van der Waals surface area contributed by atoms with Crippen molar-refractivity contribution in [3.63, 3.8) is 0 Å². The van der Waals surface area contributed by atoms with E-state index in [2.05, 4.69) is 10.6 Å². The normalized spacial score (nSPS) is 12.0. The van der Waals surface area contributed by atoms with Gasteiger partial charge in [0.15, 0.2) is 11.6 Å². The maximum atomic E-state index is 11.8. The number of ketones is 2. The van der Waals surface area contributed by atoms with Crippen molar-refractivity contribution in [2.45, 2.75) is 45.1 Å². The van der Waals surface area contributed by atoms with Gasteiger partial charge in [0.1, 0.15) is 19.8 Å². The number of carbonyl (C=O) groups is 3. The maximum Gasteiger partial charge on any atom is 0.246 e. The third-order valence-corrected chi connectivity index (χ3v) is 4.35. The zero-order valence-corrected chi connectivity index (χ0v) is 19.0. The molecule has 0 saturated heterocycles. The number of amides is 1. The smallest absolute Gasteiger partial charge is 0.246 e. The summed E-state index contributed by atoms with van der Waals surface area (Å²) in [6.07, 6.45) is 3.50. The second kappa shape index (κ2) is 21.8. The molecule has 0 aromatic rings. The van der Waals surface area contributed by atoms with E-state index in [1.807, 2.05) is 6.92 Å². The van der Waals surface area contributed by atoms with Crippen molar-refractivity contribution in [2.75, 3.05) is 73.1 Å². The molecule has 0 spiro atoms. The largest absolute Gasteiger partial charge is 0.389 e. The summed E-state index contributed by atoms with van der Waals surface area (Å²) in [6, 6.07) is -0.323. The van der Waals surface area contributed by atoms with Crippen molar-refractivity contribution in [1.29, 1.82) is 0 Å². The molecule has 0 radical (unpaired) electrons. The van der Waals surface area contributed by atoms with Gasteiger partial charge in [0, 0.05) is 19.6 Å². The van der Waals surface area contributed by atoms with Crippen molar-refractivity contribution in [2.24, 2.45) is 0 Å². The number of aliphatic hydroxyl groups is 1. The first-order valence-corrected chi connectivity index (χ1v) is 10.9. The van der Waals surface area contributed by atoms with E-state index in [4.69, 9.17) is 24.1 Å². The third kappa shape index (κ3) is 19.0. The van der Waals surface area contributed by atoms with Crippen LogP contribution in [0.5, 0.6) is 0 Å². The Hall–Kier alpha value is -1.43. The fourth-order valence-corrected chi connectivity index (χ4v) is 2.64. The lowest BCUT2D eigenvalue weighted by Gasteiger charge is -2.13. The molecule has 31 heavy (non-hydrogen) atoms. The van der Waals surface area contributed by atoms with Gasteiger partial charge in [-0.15, -0.1) is 0 Å². The zero-order chi connectivity index (χ0) is 23.2. The Morgan fingerprint density at radius 1 is 0.871 bits per heavy atom. The fraction of sp³-hybridized carbons (Fsp3) is 0.857. The highest BCUT2D eigenvalue weighted by molar-refractivity contribution is 5.84. The van der Waals surface area contributed by atoms with Gasteiger partial charge >= 0.3 is 0 Å². The summed E-state index contributed by atoms with van der Waals surface area (Å²) in [5.41, 5.74) is 0. The van der Waals surface area contributed by atoms with Crippen LogP contribution in [0.1, 0.15) is 39.0 Å². The number of nitrogens with one attached hydrogen (secondary N) is 2. The molecule has 0 aliphatic carbocycles. The van der Waals surface area contributed by atoms with Crippen molar-refractivity contribution in [3.8, 4) is 0 Å². The molecule has 0 rings (SSSR count). The van der Waals surface area contributed by atoms with Gasteiger partial charge in [-0.1, -0.05) is 12.8 Å². The quantitative estimate of drug-likeness (QED) is 0.183. The Bertz CT molecular complexity index is 476. The molecule has 0 aliphatic rings. The van der Waals surface area contributed by atoms with E-state index in [9.17, 15) is 14.4 Å². The van der Waals surface area contributed by atoms with Gasteiger partial charge in [-0.25, -0.2) is 0 Å². The molecule has 182 valence electrons. The van der Waals surface area contributed by atoms with Crippen molar-refractivity contribution >= 4 is 17.5 Å². The lowest BCUT2D eigenvalue weighted by atomic mass is 10.0. The molecule has 0 aliphatic heterocycles. The first-order valence-electron chi connectivity index (χ1n) is 10.9. The molecule has 0 saturated carbocycles. The second-order valence-electron chi connectivity index (χ2n) is 6.87. The SMILES string of the molecule is CCOCCOCC(=O)NCCOCCOCC(=O)CCCCC[C@H](NC)C(=O)CO. The van der Waals surface area contributed by atoms with Gasteiger partial charge in [-0.2, -0.15) is 0 Å². The van der Waals surface area contributed by atoms with Crippen LogP contribution in [0.25, 0.3) is 0 Å². The number of rotatable bonds is 23. The second-order valence-corrected chi connectivity index (χ2v) is 6.87. The number of aliphatic hydroxyl groups excluding tert-OH is 1. The van der Waals surface area contributed by atoms with E-state index in [1.165, 1.54) is 0 Å². The van der Waals surface area contributed by atoms with Crippen LogP contribution in [0.4, 0.5) is 0 Å². The van der Waals surface area contributed by atoms with Crippen LogP contribution in [0.2, 0.25) is 0 Å². The summed E-state index contributed by atoms with van der Waals surface area (Å²) in [5, 5.41) is 14.4. The highest BCUT2D eigenvalue weighted by atomic mass is 16.5. The van der Waals surface area contributed by atoms with Crippen LogP contribution < -0.4 is 10.6 Å². The lowest BCUT2D eigenvalue weighted by Crippen LogP contribution is -2.35. The Balaban J connectivity index is 3.43. The topological polar surface area (TPSA) is 132 Å². The lowest BCUT2D eigenvalue weighted by molar-refractivity contribution is -0.127. The predicted molar refractivity (Wildman–Crippen MR) is 115 cm³/mol. The number of hydrogen-bond donors (Lipinski definition) is 3. The van der Waals surface area contributed by atoms with E-state index in [-0.39, 0.29) is 36.7 Å². The molecule has 0 heterocycles. The molecule has 3 N–H and O–H groups in total. The summed E-state index contributed by atoms with van der Waals surface area (Å²) in [4.78, 5) is 34.7. The van der Waals surface area contributed by atoms with Gasteiger partial charge in [0.2, 0.25) is 5.91 Å². The van der Waals surface area contributed by atoms with Crippen LogP contribution in [0.3, 0.4) is 0 Å². The Morgan fingerprint density at radius 2 is 1.55 bits per heavy atom. The van der Waals surface area contributed by atoms with E-state index in [1.54, 1.807) is 7.05 Å². The molecular formula is C21H40N2O8. The number of ether oxygens (including phenoxy) is 4. The summed E-state index contributed by atoms with van der Waals surface area (Å²) in [6.45, 7) is 4.37. The molecule has 1 atom stereocenters. The molecule has 10 nitrogen and oxygen atoms in total. The molecule has 0 aromatic heterocycles. The zero-order valence-electron chi connectivity index (χ0n) is 19.0. The molecule has 10 heteroatoms. The van der Waals surface area contributed by atoms with Crippen LogP contribution in [0, 0.1) is 0 Å². The standard InChI is InChI=1S/C21H40N2O8/c1-3-28-11-13-31-17-21(27)23-9-10-29-12-14-30-16-18(25)7-5-4-6-8-19(22-2)20(26)15-24/h19,22,24H,3-17H2,1-2H3,(H,23,27)/t19-/m0/s1. The van der Waals surface area contributed by atoms with Gasteiger partial charge in [0.05, 0.1) is 39.1 Å². The number of likely N-dealkylation sites (N-methyl/N-ethyl adjacent to an activating group) is 1. The molecular weight excluding hydrogens is 408 g/mol. The van der Waals surface area contributed by atoms with E-state index in [0.717, 1.165) is 19.3 Å². The average molecular weight is 449 g/mol. The molecule has 1 amide bonds. The molecule has 0 fully saturated rings. The Kier molecular flexibility index (Phi) is 20.8. The van der Waals surface area contributed by atoms with E-state index in [0.29, 0.717) is 59.0 Å². The van der Waals surface area contributed by atoms with Crippen LogP contribution in [-0.4, -0.2) is 102 Å². The minimum Gasteiger partial charge on any atom is -0.389 e. The number of Topliss-reactive ketones (excluding diaryl/α,β-unsaturated/α-hetero) is 2. The highest BCUT2D eigenvalue weighted by Gasteiger charge is 2.14. The minimum absolute atomic E-state index is 0.00481. The summed E-state index contributed by atoms with van der Waals surface area (Å²) in [5.74, 6) is -0.379. The first-order chi connectivity index (χ1) is 15.0. The van der Waals surface area contributed by atoms with Crippen LogP contribution in [-0.2, 0) is 33.3 Å². The van der Waals surface area contributed by atoms with Gasteiger partial charge < -0.3 is 34.7 Å². The first kappa shape index (κ1) is 29.6. The molecule has 0 bridgehead atoms. The van der Waals surface area contributed by atoms with Crippen LogP contribution >= 0.6 is 0 Å². The van der Waals surface area contributed by atoms with Crippen molar-refractivity contribution in [3.05, 3.63) is 0 Å². The van der Waals surface area contributed by atoms with Gasteiger partial charge in [-0.05, 0) is 26.8 Å². The van der Waals surface area contributed by atoms with Crippen molar-refractivity contribution in [1.82, 2.24) is 10.6 Å². The number of unbranched alkanes of at least 4 members (excludes halogenated alkanes) is 2. The van der Waals surface area contributed by atoms with Gasteiger partial charge in [-0.3, -0.25) is 14.4 Å². The van der Waals surface area contributed by atoms with Crippen LogP contribution in [0.15, 0.2) is 0 Å². The molecule has 0 aromatic carbocycles.